The van der Waals surface area contributed by atoms with Crippen molar-refractivity contribution in [2.75, 3.05) is 24.7 Å². The Morgan fingerprint density at radius 2 is 1.63 bits per heavy atom. The van der Waals surface area contributed by atoms with E-state index in [0.29, 0.717) is 21.4 Å². The molecule has 9 heteroatoms. The highest BCUT2D eigenvalue weighted by Crippen LogP contribution is 2.31. The number of aromatic nitrogens is 2. The number of nitrogens with zero attached hydrogens (tertiary/aromatic N) is 2. The fraction of sp³-hybridized carbons (Fsp3) is 0.222. The molecular weight excluding hydrogens is 384 g/mol. The van der Waals surface area contributed by atoms with E-state index in [-0.39, 0.29) is 9.79 Å². The van der Waals surface area contributed by atoms with E-state index in [9.17, 15) is 8.42 Å². The summed E-state index contributed by atoms with van der Waals surface area (Å²) in [6, 6.07) is 12.8. The standard InChI is InChI=1S/C14H12N4O2S2.C4H10O/c15-10-6-9(13-17-18-14(16)21-13)7-12(8-10)22(19,20)11-4-2-1-3-5-11;1-3-5-4-2/h1-8H,15H2,(H2,16,18);3-4H2,1-2H3. The van der Waals surface area contributed by atoms with Gasteiger partial charge in [-0.3, -0.25) is 0 Å². The van der Waals surface area contributed by atoms with Crippen LogP contribution in [0.5, 0.6) is 0 Å². The van der Waals surface area contributed by atoms with Crippen LogP contribution < -0.4 is 11.5 Å². The Bertz CT molecular complexity index is 971. The zero-order valence-corrected chi connectivity index (χ0v) is 16.8. The van der Waals surface area contributed by atoms with Gasteiger partial charge in [-0.25, -0.2) is 8.42 Å². The maximum atomic E-state index is 12.7. The van der Waals surface area contributed by atoms with Crippen LogP contribution in [0, 0.1) is 0 Å². The highest BCUT2D eigenvalue weighted by Gasteiger charge is 2.19. The fourth-order valence-corrected chi connectivity index (χ4v) is 4.15. The molecule has 3 rings (SSSR count). The molecule has 0 spiro atoms. The lowest BCUT2D eigenvalue weighted by Crippen LogP contribution is -2.03. The van der Waals surface area contributed by atoms with Gasteiger partial charge in [0.25, 0.3) is 0 Å². The van der Waals surface area contributed by atoms with E-state index in [1.807, 2.05) is 13.8 Å². The average Bonchev–Trinajstić information content (AvgIpc) is 3.10. The number of nitrogen functional groups attached to an aromatic ring is 2. The van der Waals surface area contributed by atoms with E-state index in [1.165, 1.54) is 23.5 Å². The van der Waals surface area contributed by atoms with Crippen molar-refractivity contribution in [3.8, 4) is 10.6 Å². The van der Waals surface area contributed by atoms with Crippen LogP contribution in [0.3, 0.4) is 0 Å². The minimum absolute atomic E-state index is 0.113. The molecule has 0 bridgehead atoms. The van der Waals surface area contributed by atoms with E-state index in [4.69, 9.17) is 16.2 Å². The highest BCUT2D eigenvalue weighted by atomic mass is 32.2. The van der Waals surface area contributed by atoms with E-state index in [1.54, 1.807) is 36.4 Å². The first kappa shape index (κ1) is 20.8. The largest absolute Gasteiger partial charge is 0.399 e. The number of rotatable bonds is 5. The molecule has 0 fully saturated rings. The molecule has 1 aromatic heterocycles. The molecule has 0 aliphatic rings. The molecule has 2 aromatic carbocycles. The lowest BCUT2D eigenvalue weighted by molar-refractivity contribution is 0.162. The Morgan fingerprint density at radius 1 is 0.963 bits per heavy atom. The maximum Gasteiger partial charge on any atom is 0.206 e. The van der Waals surface area contributed by atoms with Crippen molar-refractivity contribution in [3.05, 3.63) is 48.5 Å². The summed E-state index contributed by atoms with van der Waals surface area (Å²) < 4.78 is 30.2. The van der Waals surface area contributed by atoms with Gasteiger partial charge in [0.2, 0.25) is 15.0 Å². The summed E-state index contributed by atoms with van der Waals surface area (Å²) >= 11 is 1.17. The molecule has 0 atom stereocenters. The Kier molecular flexibility index (Phi) is 7.28. The lowest BCUT2D eigenvalue weighted by Gasteiger charge is -2.07. The van der Waals surface area contributed by atoms with Gasteiger partial charge in [-0.2, -0.15) is 0 Å². The molecular formula is C18H22N4O3S2. The fourth-order valence-electron chi connectivity index (χ4n) is 2.19. The van der Waals surface area contributed by atoms with Crippen molar-refractivity contribution in [1.29, 1.82) is 0 Å². The maximum absolute atomic E-state index is 12.7. The number of nitrogens with two attached hydrogens (primary N) is 2. The van der Waals surface area contributed by atoms with Crippen LogP contribution in [0.4, 0.5) is 10.8 Å². The van der Waals surface area contributed by atoms with Crippen LogP contribution in [0.2, 0.25) is 0 Å². The number of hydrogen-bond acceptors (Lipinski definition) is 8. The Hall–Kier alpha value is -2.49. The van der Waals surface area contributed by atoms with Gasteiger partial charge in [-0.15, -0.1) is 10.2 Å². The number of sulfone groups is 1. The molecule has 0 aliphatic carbocycles. The average molecular weight is 407 g/mol. The molecule has 0 saturated heterocycles. The Labute approximate surface area is 162 Å². The number of benzene rings is 2. The second kappa shape index (κ2) is 9.45. The Morgan fingerprint density at radius 3 is 2.15 bits per heavy atom. The minimum Gasteiger partial charge on any atom is -0.399 e. The summed E-state index contributed by atoms with van der Waals surface area (Å²) in [7, 11) is -3.64. The van der Waals surface area contributed by atoms with Crippen LogP contribution in [-0.2, 0) is 14.6 Å². The third-order valence-corrected chi connectivity index (χ3v) is 5.94. The smallest absolute Gasteiger partial charge is 0.206 e. The molecule has 0 aliphatic heterocycles. The minimum atomic E-state index is -3.64. The topological polar surface area (TPSA) is 121 Å². The van der Waals surface area contributed by atoms with Crippen molar-refractivity contribution in [3.63, 3.8) is 0 Å². The van der Waals surface area contributed by atoms with Crippen LogP contribution in [0.1, 0.15) is 13.8 Å². The molecule has 0 saturated carbocycles. The number of hydrogen-bond donors (Lipinski definition) is 2. The van der Waals surface area contributed by atoms with Crippen LogP contribution in [-0.4, -0.2) is 31.8 Å². The SMILES string of the molecule is CCOCC.Nc1cc(-c2nnc(N)s2)cc(S(=O)(=O)c2ccccc2)c1. The normalized spacial score (nSPS) is 10.9. The predicted octanol–water partition coefficient (Wildman–Crippen LogP) is 3.25. The summed E-state index contributed by atoms with van der Waals surface area (Å²) in [6.07, 6.45) is 0. The third kappa shape index (κ3) is 5.49. The molecule has 0 amide bonds. The highest BCUT2D eigenvalue weighted by molar-refractivity contribution is 7.91. The van der Waals surface area contributed by atoms with Crippen molar-refractivity contribution in [1.82, 2.24) is 10.2 Å². The molecule has 144 valence electrons. The number of ether oxygens (including phenoxy) is 1. The second-order valence-electron chi connectivity index (χ2n) is 5.33. The van der Waals surface area contributed by atoms with Gasteiger partial charge in [0.1, 0.15) is 5.01 Å². The zero-order valence-electron chi connectivity index (χ0n) is 15.1. The van der Waals surface area contributed by atoms with E-state index in [0.717, 1.165) is 13.2 Å². The van der Waals surface area contributed by atoms with Crippen LogP contribution >= 0.6 is 11.3 Å². The van der Waals surface area contributed by atoms with Gasteiger partial charge >= 0.3 is 0 Å². The molecule has 0 unspecified atom stereocenters. The van der Waals surface area contributed by atoms with Gasteiger partial charge in [0.15, 0.2) is 0 Å². The van der Waals surface area contributed by atoms with Crippen molar-refractivity contribution < 1.29 is 13.2 Å². The number of anilines is 2. The van der Waals surface area contributed by atoms with Crippen molar-refractivity contribution in [2.24, 2.45) is 0 Å². The van der Waals surface area contributed by atoms with E-state index in [2.05, 4.69) is 10.2 Å². The molecule has 27 heavy (non-hydrogen) atoms. The van der Waals surface area contributed by atoms with Gasteiger partial charge in [0, 0.05) is 24.5 Å². The quantitative estimate of drug-likeness (QED) is 0.624. The van der Waals surface area contributed by atoms with Crippen molar-refractivity contribution in [2.45, 2.75) is 23.6 Å². The first-order chi connectivity index (χ1) is 12.9. The van der Waals surface area contributed by atoms with Gasteiger partial charge in [-0.1, -0.05) is 29.5 Å². The van der Waals surface area contributed by atoms with E-state index >= 15 is 0 Å². The van der Waals surface area contributed by atoms with Crippen LogP contribution in [0.15, 0.2) is 58.3 Å². The van der Waals surface area contributed by atoms with Crippen molar-refractivity contribution >= 4 is 32.0 Å². The predicted molar refractivity (Wildman–Crippen MR) is 108 cm³/mol. The zero-order chi connectivity index (χ0) is 19.9. The van der Waals surface area contributed by atoms with Crippen LogP contribution in [0.25, 0.3) is 10.6 Å². The third-order valence-electron chi connectivity index (χ3n) is 3.39. The van der Waals surface area contributed by atoms with Gasteiger partial charge < -0.3 is 16.2 Å². The second-order valence-corrected chi connectivity index (χ2v) is 8.29. The van der Waals surface area contributed by atoms with Gasteiger partial charge in [-0.05, 0) is 44.2 Å². The molecule has 4 N–H and O–H groups in total. The van der Waals surface area contributed by atoms with E-state index < -0.39 is 9.84 Å². The monoisotopic (exact) mass is 406 g/mol. The summed E-state index contributed by atoms with van der Waals surface area (Å²) in [5.41, 5.74) is 12.3. The molecule has 1 heterocycles. The first-order valence-corrected chi connectivity index (χ1v) is 10.6. The summed E-state index contributed by atoms with van der Waals surface area (Å²) in [6.45, 7) is 5.67. The first-order valence-electron chi connectivity index (χ1n) is 8.26. The lowest BCUT2D eigenvalue weighted by atomic mass is 10.2. The molecule has 7 nitrogen and oxygen atoms in total. The summed E-state index contributed by atoms with van der Waals surface area (Å²) in [4.78, 5) is 0.325. The molecule has 0 radical (unpaired) electrons. The summed E-state index contributed by atoms with van der Waals surface area (Å²) in [5.74, 6) is 0. The Balaban J connectivity index is 0.000000465. The molecule has 3 aromatic rings. The summed E-state index contributed by atoms with van der Waals surface area (Å²) in [5, 5.41) is 8.48. The van der Waals surface area contributed by atoms with Gasteiger partial charge in [0.05, 0.1) is 9.79 Å².